The molecule has 0 rings (SSSR count). The van der Waals surface area contributed by atoms with Crippen LogP contribution in [-0.4, -0.2) is 148 Å². The summed E-state index contributed by atoms with van der Waals surface area (Å²) in [5, 5.41) is 35.6. The Morgan fingerprint density at radius 3 is 1.44 bits per heavy atom. The Morgan fingerprint density at radius 1 is 0.515 bits per heavy atom. The number of carbonyl (C=O) groups excluding carboxylic acids is 10. The van der Waals surface area contributed by atoms with Crippen LogP contribution >= 0.6 is 11.8 Å². The van der Waals surface area contributed by atoms with Gasteiger partial charge in [0.05, 0.1) is 25.3 Å². The number of hydrogen-bond donors (Lipinski definition) is 14. The highest BCUT2D eigenvalue weighted by Crippen LogP contribution is 2.11. The second-order valence-electron chi connectivity index (χ2n) is 16.2. The summed E-state index contributed by atoms with van der Waals surface area (Å²) in [6.45, 7) is 6.62. The molecule has 0 unspecified atom stereocenters. The van der Waals surface area contributed by atoms with Crippen LogP contribution in [0.2, 0.25) is 0 Å². The van der Waals surface area contributed by atoms with Crippen molar-refractivity contribution in [3.63, 3.8) is 0 Å². The van der Waals surface area contributed by atoms with Gasteiger partial charge in [-0.25, -0.2) is 4.79 Å². The Kier molecular flexibility index (Phi) is 28.1. The van der Waals surface area contributed by atoms with Crippen molar-refractivity contribution in [2.45, 2.75) is 140 Å². The second kappa shape index (κ2) is 30.9. The molecule has 0 aromatic rings. The van der Waals surface area contributed by atoms with Crippen molar-refractivity contribution in [3.05, 3.63) is 0 Å². The molecule has 374 valence electrons. The SMILES string of the molecule is CSCC[C@H](NC(=O)[C@H](CC(=O)O)NC(=O)[C@@H](NC(=O)[C@H](CC(N)=O)NC(=O)[C@H](CCC(N)=O)NC(=O)[C@H](CC(C)C)NC(=O)[C@@H](N)CC(N)=O)C(C)C)C(=O)N[C@@H](CCCCN)C(=O)O. The van der Waals surface area contributed by atoms with Gasteiger partial charge in [-0.2, -0.15) is 11.8 Å². The first-order valence-corrected chi connectivity index (χ1v) is 22.5. The summed E-state index contributed by atoms with van der Waals surface area (Å²) in [6.07, 6.45) is -0.750. The number of carboxylic acid groups (broad SMARTS) is 2. The fourth-order valence-corrected chi connectivity index (χ4v) is 6.51. The molecule has 0 aliphatic heterocycles. The van der Waals surface area contributed by atoms with Gasteiger partial charge in [-0.05, 0) is 68.9 Å². The van der Waals surface area contributed by atoms with Gasteiger partial charge in [-0.1, -0.05) is 27.7 Å². The van der Waals surface area contributed by atoms with E-state index >= 15 is 0 Å². The summed E-state index contributed by atoms with van der Waals surface area (Å²) >= 11 is 1.30. The molecule has 0 aromatic carbocycles. The highest BCUT2D eigenvalue weighted by atomic mass is 32.2. The van der Waals surface area contributed by atoms with Crippen LogP contribution < -0.4 is 65.9 Å². The van der Waals surface area contributed by atoms with Crippen LogP contribution in [-0.2, 0) is 57.5 Å². The normalized spacial score (nSPS) is 14.7. The second-order valence-corrected chi connectivity index (χ2v) is 17.2. The lowest BCUT2D eigenvalue weighted by Gasteiger charge is -2.28. The zero-order chi connectivity index (χ0) is 50.8. The average Bonchev–Trinajstić information content (AvgIpc) is 3.20. The standard InChI is InChI=1S/C39H68N12O14S/c1-18(2)14-24(48-32(57)20(41)15-28(43)53)35(60)45-21(9-10-27(42)52)33(58)49-25(16-29(44)54)37(62)51-31(19(3)4)38(63)50-26(17-30(55)56)36(61)46-22(11-13-66-5)34(59)47-23(39(64)65)8-6-7-12-40/h18-26,31H,6-17,40-41H2,1-5H3,(H2,42,52)(H2,43,53)(H2,44,54)(H,45,60)(H,46,61)(H,47,59)(H,48,57)(H,49,58)(H,50,63)(H,51,62)(H,55,56)(H,64,65)/t20-,21-,22-,23-,24-,25-,26-,31-/m0/s1. The molecule has 10 amide bonds. The number of carboxylic acids is 2. The van der Waals surface area contributed by atoms with Crippen molar-refractivity contribution < 1.29 is 67.7 Å². The van der Waals surface area contributed by atoms with Crippen molar-refractivity contribution in [1.82, 2.24) is 37.2 Å². The van der Waals surface area contributed by atoms with Gasteiger partial charge in [0.1, 0.15) is 42.3 Å². The Morgan fingerprint density at radius 2 is 0.970 bits per heavy atom. The van der Waals surface area contributed by atoms with Gasteiger partial charge < -0.3 is 76.1 Å². The Hall–Kier alpha value is -6.09. The summed E-state index contributed by atoms with van der Waals surface area (Å²) < 4.78 is 0. The molecule has 66 heavy (non-hydrogen) atoms. The van der Waals surface area contributed by atoms with Gasteiger partial charge in [0, 0.05) is 6.42 Å². The van der Waals surface area contributed by atoms with E-state index in [1.807, 2.05) is 0 Å². The molecule has 0 heterocycles. The minimum Gasteiger partial charge on any atom is -0.481 e. The molecule has 0 saturated carbocycles. The van der Waals surface area contributed by atoms with Gasteiger partial charge >= 0.3 is 11.9 Å². The number of hydrogen-bond acceptors (Lipinski definition) is 15. The molecule has 8 atom stereocenters. The number of rotatable bonds is 34. The summed E-state index contributed by atoms with van der Waals surface area (Å²) in [7, 11) is 0. The van der Waals surface area contributed by atoms with Crippen LogP contribution in [0.4, 0.5) is 0 Å². The van der Waals surface area contributed by atoms with Crippen molar-refractivity contribution in [1.29, 1.82) is 0 Å². The first kappa shape index (κ1) is 59.9. The third-order valence-corrected chi connectivity index (χ3v) is 10.2. The number of thioether (sulfide) groups is 1. The largest absolute Gasteiger partial charge is 0.481 e. The highest BCUT2D eigenvalue weighted by Gasteiger charge is 2.36. The van der Waals surface area contributed by atoms with Gasteiger partial charge in [0.25, 0.3) is 0 Å². The predicted octanol–water partition coefficient (Wildman–Crippen LogP) is -5.13. The third kappa shape index (κ3) is 24.3. The molecule has 0 aliphatic rings. The number of aliphatic carboxylic acids is 2. The lowest BCUT2D eigenvalue weighted by atomic mass is 10.0. The van der Waals surface area contributed by atoms with E-state index in [2.05, 4.69) is 37.2 Å². The van der Waals surface area contributed by atoms with E-state index in [9.17, 15) is 67.7 Å². The maximum atomic E-state index is 13.7. The third-order valence-electron chi connectivity index (χ3n) is 9.51. The minimum absolute atomic E-state index is 0.00246. The minimum atomic E-state index is -1.85. The topological polar surface area (TPSA) is 460 Å². The van der Waals surface area contributed by atoms with E-state index in [4.69, 9.17) is 28.7 Å². The molecular formula is C39H68N12O14S. The first-order chi connectivity index (χ1) is 30.7. The van der Waals surface area contributed by atoms with Gasteiger partial charge in [-0.15, -0.1) is 0 Å². The summed E-state index contributed by atoms with van der Waals surface area (Å²) in [6, 6.07) is -12.3. The lowest BCUT2D eigenvalue weighted by Crippen LogP contribution is -2.61. The van der Waals surface area contributed by atoms with E-state index in [1.54, 1.807) is 20.1 Å². The fourth-order valence-electron chi connectivity index (χ4n) is 6.04. The highest BCUT2D eigenvalue weighted by molar-refractivity contribution is 7.98. The van der Waals surface area contributed by atoms with E-state index in [0.717, 1.165) is 0 Å². The van der Waals surface area contributed by atoms with Crippen molar-refractivity contribution in [3.8, 4) is 0 Å². The van der Waals surface area contributed by atoms with Crippen molar-refractivity contribution >= 4 is 82.8 Å². The van der Waals surface area contributed by atoms with Crippen LogP contribution in [0.25, 0.3) is 0 Å². The Labute approximate surface area is 386 Å². The smallest absolute Gasteiger partial charge is 0.326 e. The molecule has 19 N–H and O–H groups in total. The predicted molar refractivity (Wildman–Crippen MR) is 238 cm³/mol. The van der Waals surface area contributed by atoms with Gasteiger partial charge in [-0.3, -0.25) is 52.7 Å². The molecule has 0 aliphatic carbocycles. The van der Waals surface area contributed by atoms with Gasteiger partial charge in [0.2, 0.25) is 59.1 Å². The number of carbonyl (C=O) groups is 12. The van der Waals surface area contributed by atoms with E-state index in [-0.39, 0.29) is 25.2 Å². The molecule has 0 saturated heterocycles. The Balaban J connectivity index is 6.50. The van der Waals surface area contributed by atoms with E-state index < -0.39 is 157 Å². The quantitative estimate of drug-likeness (QED) is 0.0268. The van der Waals surface area contributed by atoms with Crippen LogP contribution in [0.5, 0.6) is 0 Å². The van der Waals surface area contributed by atoms with Crippen LogP contribution in [0.3, 0.4) is 0 Å². The number of primary amides is 3. The molecular weight excluding hydrogens is 893 g/mol. The van der Waals surface area contributed by atoms with E-state index in [1.165, 1.54) is 25.6 Å². The van der Waals surface area contributed by atoms with Crippen LogP contribution in [0, 0.1) is 11.8 Å². The zero-order valence-electron chi connectivity index (χ0n) is 37.8. The van der Waals surface area contributed by atoms with Crippen molar-refractivity contribution in [2.75, 3.05) is 18.6 Å². The number of nitrogens with one attached hydrogen (secondary N) is 7. The van der Waals surface area contributed by atoms with Crippen LogP contribution in [0.15, 0.2) is 0 Å². The summed E-state index contributed by atoms with van der Waals surface area (Å²) in [5.41, 5.74) is 27.0. The fraction of sp³-hybridized carbons (Fsp3) is 0.692. The maximum Gasteiger partial charge on any atom is 0.326 e. The molecule has 0 radical (unpaired) electrons. The summed E-state index contributed by atoms with van der Waals surface area (Å²) in [4.78, 5) is 153. The van der Waals surface area contributed by atoms with Crippen LogP contribution in [0.1, 0.15) is 91.9 Å². The number of nitrogens with two attached hydrogens (primary N) is 5. The van der Waals surface area contributed by atoms with E-state index in [0.29, 0.717) is 25.1 Å². The van der Waals surface area contributed by atoms with Crippen molar-refractivity contribution in [2.24, 2.45) is 40.5 Å². The lowest BCUT2D eigenvalue weighted by molar-refractivity contribution is -0.143. The molecule has 0 aromatic heterocycles. The molecule has 0 fully saturated rings. The Bertz CT molecular complexity index is 1740. The molecule has 0 bridgehead atoms. The summed E-state index contributed by atoms with van der Waals surface area (Å²) in [5.74, 6) is -13.8. The average molecular weight is 961 g/mol. The molecule has 26 nitrogen and oxygen atoms in total. The molecule has 27 heteroatoms. The first-order valence-electron chi connectivity index (χ1n) is 21.1. The molecule has 0 spiro atoms. The zero-order valence-corrected chi connectivity index (χ0v) is 38.7. The monoisotopic (exact) mass is 960 g/mol. The number of unbranched alkanes of at least 4 members (excludes halogenated alkanes) is 1. The maximum absolute atomic E-state index is 13.7. The van der Waals surface area contributed by atoms with Gasteiger partial charge in [0.15, 0.2) is 0 Å². The number of amides is 10.